The molecule has 0 radical (unpaired) electrons. The number of imidazole rings is 1. The summed E-state index contributed by atoms with van der Waals surface area (Å²) in [5.74, 6) is 3.27. The summed E-state index contributed by atoms with van der Waals surface area (Å²) in [5, 5.41) is 15.3. The van der Waals surface area contributed by atoms with E-state index in [2.05, 4.69) is 43.5 Å². The zero-order chi connectivity index (χ0) is 29.3. The molecule has 2 aromatic carbocycles. The van der Waals surface area contributed by atoms with Crippen molar-refractivity contribution < 1.29 is 9.53 Å². The van der Waals surface area contributed by atoms with Gasteiger partial charge in [0.05, 0.1) is 30.4 Å². The topological polar surface area (TPSA) is 112 Å². The van der Waals surface area contributed by atoms with Crippen LogP contribution in [-0.4, -0.2) is 42.3 Å². The number of hydrogen-bond acceptors (Lipinski definition) is 7. The van der Waals surface area contributed by atoms with Gasteiger partial charge in [0.1, 0.15) is 23.1 Å². The number of methoxy groups -OCH3 is 1. The number of pyridine rings is 1. The predicted octanol–water partition coefficient (Wildman–Crippen LogP) is 5.92. The largest absolute Gasteiger partial charge is 0.497 e. The fourth-order valence-corrected chi connectivity index (χ4v) is 5.62. The Morgan fingerprint density at radius 1 is 1.07 bits per heavy atom. The second-order valence-corrected chi connectivity index (χ2v) is 11.3. The van der Waals surface area contributed by atoms with Crippen molar-refractivity contribution in [2.75, 3.05) is 17.7 Å². The Balaban J connectivity index is 1.19. The Labute approximate surface area is 250 Å². The molecule has 0 atom stereocenters. The first-order valence-electron chi connectivity index (χ1n) is 14.8. The van der Waals surface area contributed by atoms with Gasteiger partial charge in [-0.3, -0.25) is 4.79 Å². The van der Waals surface area contributed by atoms with Crippen LogP contribution >= 0.6 is 0 Å². The average Bonchev–Trinajstić information content (AvgIpc) is 3.60. The number of ether oxygens (including phenoxy) is 1. The van der Waals surface area contributed by atoms with E-state index in [1.807, 2.05) is 59.4 Å². The summed E-state index contributed by atoms with van der Waals surface area (Å²) in [6.07, 6.45) is 9.42. The molecule has 218 valence electrons. The minimum absolute atomic E-state index is 0.256. The molecule has 10 nitrogen and oxygen atoms in total. The molecular formula is C33H34N8O2. The van der Waals surface area contributed by atoms with E-state index in [9.17, 15) is 4.79 Å². The molecule has 0 spiro atoms. The maximum Gasteiger partial charge on any atom is 0.258 e. The number of benzene rings is 2. The van der Waals surface area contributed by atoms with Crippen molar-refractivity contribution in [2.45, 2.75) is 58.0 Å². The lowest BCUT2D eigenvalue weighted by atomic mass is 10.1. The molecule has 2 N–H and O–H groups in total. The molecule has 0 unspecified atom stereocenters. The van der Waals surface area contributed by atoms with Gasteiger partial charge in [-0.05, 0) is 80.1 Å². The minimum Gasteiger partial charge on any atom is -0.497 e. The number of anilines is 2. The monoisotopic (exact) mass is 574 g/mol. The van der Waals surface area contributed by atoms with E-state index < -0.39 is 0 Å². The van der Waals surface area contributed by atoms with Crippen molar-refractivity contribution in [3.05, 3.63) is 95.3 Å². The maximum absolute atomic E-state index is 13.9. The number of rotatable bonds is 9. The average molecular weight is 575 g/mol. The van der Waals surface area contributed by atoms with Crippen molar-refractivity contribution in [3.8, 4) is 23.0 Å². The highest BCUT2D eigenvalue weighted by Crippen LogP contribution is 2.39. The van der Waals surface area contributed by atoms with E-state index >= 15 is 0 Å². The lowest BCUT2D eigenvalue weighted by molar-refractivity contribution is 0.102. The van der Waals surface area contributed by atoms with Gasteiger partial charge in [-0.2, -0.15) is 0 Å². The van der Waals surface area contributed by atoms with Crippen LogP contribution in [0.25, 0.3) is 17.2 Å². The number of amides is 1. The van der Waals surface area contributed by atoms with Gasteiger partial charge in [0.25, 0.3) is 5.91 Å². The van der Waals surface area contributed by atoms with Crippen LogP contribution in [0, 0.1) is 6.92 Å². The molecule has 1 aliphatic carbocycles. The van der Waals surface area contributed by atoms with Gasteiger partial charge in [0.2, 0.25) is 0 Å². The number of aromatic nitrogens is 6. The third-order valence-corrected chi connectivity index (χ3v) is 8.18. The molecule has 0 saturated heterocycles. The second-order valence-electron chi connectivity index (χ2n) is 11.3. The molecule has 1 saturated carbocycles. The van der Waals surface area contributed by atoms with E-state index in [0.29, 0.717) is 29.5 Å². The van der Waals surface area contributed by atoms with Crippen LogP contribution < -0.4 is 15.4 Å². The number of hydrogen-bond donors (Lipinski definition) is 2. The number of fused-ring (bicyclic) bond motifs is 1. The molecule has 1 amide bonds. The predicted molar refractivity (Wildman–Crippen MR) is 165 cm³/mol. The Kier molecular flexibility index (Phi) is 7.10. The first-order valence-corrected chi connectivity index (χ1v) is 14.8. The quantitative estimate of drug-likeness (QED) is 0.225. The Morgan fingerprint density at radius 3 is 2.74 bits per heavy atom. The molecule has 43 heavy (non-hydrogen) atoms. The molecule has 2 aliphatic rings. The molecule has 7 rings (SSSR count). The normalized spacial score (nSPS) is 14.3. The molecule has 0 bridgehead atoms. The van der Waals surface area contributed by atoms with Crippen molar-refractivity contribution in [2.24, 2.45) is 0 Å². The third-order valence-electron chi connectivity index (χ3n) is 8.18. The summed E-state index contributed by atoms with van der Waals surface area (Å²) in [5.41, 5.74) is 6.06. The van der Waals surface area contributed by atoms with Crippen molar-refractivity contribution >= 4 is 17.4 Å². The Hall–Kier alpha value is -4.99. The molecule has 1 fully saturated rings. The zero-order valence-corrected chi connectivity index (χ0v) is 24.4. The summed E-state index contributed by atoms with van der Waals surface area (Å²) in [7, 11) is 1.65. The highest BCUT2D eigenvalue weighted by atomic mass is 16.5. The van der Waals surface area contributed by atoms with Crippen LogP contribution in [0.15, 0.2) is 67.1 Å². The summed E-state index contributed by atoms with van der Waals surface area (Å²) < 4.78 is 9.44. The van der Waals surface area contributed by atoms with Gasteiger partial charge in [0, 0.05) is 37.3 Å². The number of carbonyl (C=O) groups is 1. The van der Waals surface area contributed by atoms with Crippen LogP contribution in [0.3, 0.4) is 0 Å². The highest BCUT2D eigenvalue weighted by Gasteiger charge is 2.26. The summed E-state index contributed by atoms with van der Waals surface area (Å²) in [4.78, 5) is 23.3. The summed E-state index contributed by atoms with van der Waals surface area (Å²) in [6, 6.07) is 17.4. The summed E-state index contributed by atoms with van der Waals surface area (Å²) in [6.45, 7) is 3.48. The summed E-state index contributed by atoms with van der Waals surface area (Å²) >= 11 is 0. The lowest BCUT2D eigenvalue weighted by Crippen LogP contribution is -2.17. The Bertz CT molecular complexity index is 1790. The van der Waals surface area contributed by atoms with Gasteiger partial charge < -0.3 is 24.5 Å². The maximum atomic E-state index is 13.9. The van der Waals surface area contributed by atoms with Crippen LogP contribution in [0.5, 0.6) is 5.75 Å². The van der Waals surface area contributed by atoms with Gasteiger partial charge >= 0.3 is 0 Å². The number of nitrogens with zero attached hydrogens (tertiary/aromatic N) is 6. The third kappa shape index (κ3) is 5.60. The molecule has 3 aromatic heterocycles. The van der Waals surface area contributed by atoms with E-state index in [1.165, 1.54) is 12.8 Å². The van der Waals surface area contributed by atoms with Crippen molar-refractivity contribution in [1.29, 1.82) is 0 Å². The van der Waals surface area contributed by atoms with Gasteiger partial charge in [-0.1, -0.05) is 18.2 Å². The fraction of sp³-hybridized carbons (Fsp3) is 0.303. The number of carbonyl (C=O) groups excluding carboxylic acids is 1. The van der Waals surface area contributed by atoms with Crippen LogP contribution in [0.1, 0.15) is 64.6 Å². The first-order chi connectivity index (χ1) is 21.1. The van der Waals surface area contributed by atoms with Crippen LogP contribution in [-0.2, 0) is 19.5 Å². The van der Waals surface area contributed by atoms with Crippen molar-refractivity contribution in [1.82, 2.24) is 29.3 Å². The van der Waals surface area contributed by atoms with E-state index in [-0.39, 0.29) is 5.91 Å². The smallest absolute Gasteiger partial charge is 0.258 e. The van der Waals surface area contributed by atoms with E-state index in [1.54, 1.807) is 13.2 Å². The van der Waals surface area contributed by atoms with Gasteiger partial charge in [-0.15, -0.1) is 10.2 Å². The number of aryl methyl sites for hydroxylation is 2. The lowest BCUT2D eigenvalue weighted by Gasteiger charge is -2.17. The van der Waals surface area contributed by atoms with Gasteiger partial charge in [0.15, 0.2) is 5.82 Å². The number of nitrogens with one attached hydrogen (secondary N) is 2. The Morgan fingerprint density at radius 2 is 1.93 bits per heavy atom. The highest BCUT2D eigenvalue weighted by molar-refractivity contribution is 6.08. The molecular weight excluding hydrogens is 540 g/mol. The van der Waals surface area contributed by atoms with Crippen LogP contribution in [0.4, 0.5) is 11.5 Å². The standard InChI is InChI=1S/C33H34N8O2/c1-21-16-27(34-18-22-9-13-24(43-2)14-10-22)25(17-29(21)40-19-28(35-20-40)23-11-12-23)33(42)37-30-7-5-6-26(36-30)32-39-38-31-8-3-4-15-41(31)32/h5-7,9-10,13-14,16-17,19-20,23,34H,3-4,8,11-12,15,18H2,1-2H3,(H,36,37,42). The van der Waals surface area contributed by atoms with Crippen LogP contribution in [0.2, 0.25) is 0 Å². The molecule has 1 aliphatic heterocycles. The van der Waals surface area contributed by atoms with E-state index in [4.69, 9.17) is 9.72 Å². The molecule has 4 heterocycles. The van der Waals surface area contributed by atoms with Crippen molar-refractivity contribution in [3.63, 3.8) is 0 Å². The zero-order valence-electron chi connectivity index (χ0n) is 24.4. The first kappa shape index (κ1) is 26.9. The van der Waals surface area contributed by atoms with Gasteiger partial charge in [-0.25, -0.2) is 9.97 Å². The van der Waals surface area contributed by atoms with E-state index in [0.717, 1.165) is 71.4 Å². The molecule has 5 aromatic rings. The fourth-order valence-electron chi connectivity index (χ4n) is 5.62. The second kappa shape index (κ2) is 11.4. The SMILES string of the molecule is COc1ccc(CNc2cc(C)c(-n3cnc(C4CC4)c3)cc2C(=O)Nc2cccc(-c3nnc4n3CCCC4)n2)cc1. The minimum atomic E-state index is -0.256. The molecule has 10 heteroatoms.